The Hall–Kier alpha value is -1.07. The molecule has 12 heavy (non-hydrogen) atoms. The molecule has 0 aliphatic rings. The molecule has 0 aromatic rings. The molecular formula is C6H7ClO5. The summed E-state index contributed by atoms with van der Waals surface area (Å²) >= 11 is 5.16. The van der Waals surface area contributed by atoms with E-state index in [0.717, 1.165) is 6.08 Å². The normalized spacial score (nSPS) is 15.8. The van der Waals surface area contributed by atoms with E-state index in [9.17, 15) is 9.59 Å². The zero-order chi connectivity index (χ0) is 9.72. The summed E-state index contributed by atoms with van der Waals surface area (Å²) in [7, 11) is 0. The highest BCUT2D eigenvalue weighted by atomic mass is 35.5. The van der Waals surface area contributed by atoms with Gasteiger partial charge in [-0.1, -0.05) is 0 Å². The van der Waals surface area contributed by atoms with E-state index in [1.807, 2.05) is 0 Å². The number of hydrogen-bond acceptors (Lipinski definition) is 3. The van der Waals surface area contributed by atoms with E-state index in [1.165, 1.54) is 0 Å². The molecule has 0 aromatic carbocycles. The lowest BCUT2D eigenvalue weighted by Gasteiger charge is -2.06. The molecule has 0 amide bonds. The van der Waals surface area contributed by atoms with Gasteiger partial charge >= 0.3 is 11.9 Å². The number of carbonyl (C=O) groups is 2. The number of aliphatic hydroxyl groups is 1. The number of aliphatic hydroxyl groups excluding tert-OH is 1. The molecule has 2 atom stereocenters. The van der Waals surface area contributed by atoms with E-state index in [2.05, 4.69) is 0 Å². The number of halogens is 1. The Kier molecular flexibility index (Phi) is 4.31. The fraction of sp³-hybridized carbons (Fsp3) is 0.333. The molecule has 0 saturated heterocycles. The van der Waals surface area contributed by atoms with Crippen LogP contribution in [0.2, 0.25) is 0 Å². The Morgan fingerprint density at radius 2 is 1.83 bits per heavy atom. The van der Waals surface area contributed by atoms with Crippen molar-refractivity contribution in [2.24, 2.45) is 0 Å². The summed E-state index contributed by atoms with van der Waals surface area (Å²) in [6.45, 7) is 0. The van der Waals surface area contributed by atoms with Gasteiger partial charge in [-0.25, -0.2) is 4.79 Å². The molecular weight excluding hydrogens is 188 g/mol. The van der Waals surface area contributed by atoms with Crippen molar-refractivity contribution in [2.45, 2.75) is 11.5 Å². The van der Waals surface area contributed by atoms with Crippen molar-refractivity contribution in [2.75, 3.05) is 0 Å². The van der Waals surface area contributed by atoms with Gasteiger partial charge in [0.2, 0.25) is 0 Å². The van der Waals surface area contributed by atoms with Gasteiger partial charge in [-0.05, 0) is 6.08 Å². The quantitative estimate of drug-likeness (QED) is 0.421. The second kappa shape index (κ2) is 4.74. The highest BCUT2D eigenvalue weighted by Gasteiger charge is 2.21. The maximum atomic E-state index is 10.1. The summed E-state index contributed by atoms with van der Waals surface area (Å²) in [5.41, 5.74) is 0. The lowest BCUT2D eigenvalue weighted by Crippen LogP contribution is -2.27. The minimum absolute atomic E-state index is 0.628. The molecule has 0 bridgehead atoms. The summed E-state index contributed by atoms with van der Waals surface area (Å²) in [5, 5.41) is 23.7. The first kappa shape index (κ1) is 10.9. The van der Waals surface area contributed by atoms with E-state index in [1.54, 1.807) is 0 Å². The average Bonchev–Trinajstić information content (AvgIpc) is 1.98. The summed E-state index contributed by atoms with van der Waals surface area (Å²) in [4.78, 5) is 20.0. The summed E-state index contributed by atoms with van der Waals surface area (Å²) < 4.78 is 0. The zero-order valence-corrected chi connectivity index (χ0v) is 6.60. The van der Waals surface area contributed by atoms with Crippen LogP contribution >= 0.6 is 11.6 Å². The zero-order valence-electron chi connectivity index (χ0n) is 5.85. The number of alkyl halides is 1. The van der Waals surface area contributed by atoms with E-state index in [4.69, 9.17) is 26.9 Å². The average molecular weight is 195 g/mol. The molecule has 0 radical (unpaired) electrons. The Balaban J connectivity index is 4.12. The van der Waals surface area contributed by atoms with Gasteiger partial charge < -0.3 is 15.3 Å². The molecule has 0 saturated carbocycles. The van der Waals surface area contributed by atoms with Gasteiger partial charge in [-0.3, -0.25) is 4.79 Å². The molecule has 0 rings (SSSR count). The predicted molar refractivity (Wildman–Crippen MR) is 40.1 cm³/mol. The van der Waals surface area contributed by atoms with Crippen LogP contribution in [0.15, 0.2) is 12.2 Å². The van der Waals surface area contributed by atoms with Crippen LogP contribution in [0.1, 0.15) is 0 Å². The lowest BCUT2D eigenvalue weighted by atomic mass is 10.2. The minimum atomic E-state index is -1.53. The van der Waals surface area contributed by atoms with Crippen molar-refractivity contribution in [1.29, 1.82) is 0 Å². The molecule has 0 aromatic heterocycles. The molecule has 68 valence electrons. The smallest absolute Gasteiger partial charge is 0.328 e. The van der Waals surface area contributed by atoms with E-state index in [-0.39, 0.29) is 0 Å². The van der Waals surface area contributed by atoms with E-state index >= 15 is 0 Å². The fourth-order valence-electron chi connectivity index (χ4n) is 0.425. The van der Waals surface area contributed by atoms with Crippen LogP contribution in [0.5, 0.6) is 0 Å². The van der Waals surface area contributed by atoms with Crippen LogP contribution in [0, 0.1) is 0 Å². The molecule has 5 nitrogen and oxygen atoms in total. The van der Waals surface area contributed by atoms with Crippen LogP contribution in [0.3, 0.4) is 0 Å². The largest absolute Gasteiger partial charge is 0.480 e. The van der Waals surface area contributed by atoms with Gasteiger partial charge in [-0.2, -0.15) is 0 Å². The molecule has 0 heterocycles. The van der Waals surface area contributed by atoms with Crippen molar-refractivity contribution in [3.8, 4) is 0 Å². The number of hydrogen-bond donors (Lipinski definition) is 3. The van der Waals surface area contributed by atoms with Crippen LogP contribution in [-0.2, 0) is 9.59 Å². The highest BCUT2D eigenvalue weighted by molar-refractivity contribution is 6.30. The molecule has 3 N–H and O–H groups in total. The lowest BCUT2D eigenvalue weighted by molar-refractivity contribution is -0.138. The molecule has 0 aliphatic carbocycles. The highest BCUT2D eigenvalue weighted by Crippen LogP contribution is 2.04. The first-order chi connectivity index (χ1) is 5.45. The second-order valence-corrected chi connectivity index (χ2v) is 2.40. The fourth-order valence-corrected chi connectivity index (χ4v) is 0.509. The van der Waals surface area contributed by atoms with Crippen LogP contribution < -0.4 is 0 Å². The van der Waals surface area contributed by atoms with Gasteiger partial charge in [0.05, 0.1) is 6.10 Å². The monoisotopic (exact) mass is 194 g/mol. The Labute approximate surface area is 72.9 Å². The third-order valence-electron chi connectivity index (χ3n) is 0.972. The maximum Gasteiger partial charge on any atom is 0.328 e. The summed E-state index contributed by atoms with van der Waals surface area (Å²) in [6, 6.07) is 0. The Morgan fingerprint density at radius 1 is 1.33 bits per heavy atom. The van der Waals surface area contributed by atoms with Gasteiger partial charge in [0.25, 0.3) is 0 Å². The van der Waals surface area contributed by atoms with Crippen LogP contribution in [0.4, 0.5) is 0 Å². The standard InChI is InChI=1S/C6H7ClO5/c7-5(6(11)12)3(8)1-2-4(9)10/h1-3,5,8H,(H,9,10)(H,11,12)/b2-1-. The van der Waals surface area contributed by atoms with Gasteiger partial charge in [0.15, 0.2) is 5.38 Å². The van der Waals surface area contributed by atoms with Crippen molar-refractivity contribution in [3.05, 3.63) is 12.2 Å². The van der Waals surface area contributed by atoms with Crippen molar-refractivity contribution < 1.29 is 24.9 Å². The Morgan fingerprint density at radius 3 is 2.17 bits per heavy atom. The number of aliphatic carboxylic acids is 2. The predicted octanol–water partition coefficient (Wildman–Crippen LogP) is -0.320. The van der Waals surface area contributed by atoms with Crippen LogP contribution in [0.25, 0.3) is 0 Å². The van der Waals surface area contributed by atoms with Crippen molar-refractivity contribution in [1.82, 2.24) is 0 Å². The van der Waals surface area contributed by atoms with Gasteiger partial charge in [-0.15, -0.1) is 11.6 Å². The molecule has 2 unspecified atom stereocenters. The first-order valence-corrected chi connectivity index (χ1v) is 3.35. The molecule has 0 aliphatic heterocycles. The first-order valence-electron chi connectivity index (χ1n) is 2.91. The van der Waals surface area contributed by atoms with Crippen molar-refractivity contribution in [3.63, 3.8) is 0 Å². The van der Waals surface area contributed by atoms with Crippen LogP contribution in [-0.4, -0.2) is 38.7 Å². The second-order valence-electron chi connectivity index (χ2n) is 1.93. The Bertz CT molecular complexity index is 212. The number of carboxylic acid groups (broad SMARTS) is 2. The maximum absolute atomic E-state index is 10.1. The third kappa shape index (κ3) is 3.95. The summed E-state index contributed by atoms with van der Waals surface area (Å²) in [6.07, 6.45) is -0.0721. The van der Waals surface area contributed by atoms with Gasteiger partial charge in [0, 0.05) is 6.08 Å². The molecule has 6 heteroatoms. The number of carboxylic acids is 2. The third-order valence-corrected chi connectivity index (χ3v) is 1.42. The minimum Gasteiger partial charge on any atom is -0.480 e. The SMILES string of the molecule is O=C(O)/C=C\C(O)C(Cl)C(=O)O. The summed E-state index contributed by atoms with van der Waals surface area (Å²) in [5.74, 6) is -2.68. The molecule has 0 spiro atoms. The van der Waals surface area contributed by atoms with E-state index < -0.39 is 23.4 Å². The van der Waals surface area contributed by atoms with Gasteiger partial charge in [0.1, 0.15) is 0 Å². The van der Waals surface area contributed by atoms with Crippen molar-refractivity contribution >= 4 is 23.5 Å². The van der Waals surface area contributed by atoms with E-state index in [0.29, 0.717) is 6.08 Å². The number of rotatable bonds is 4. The topological polar surface area (TPSA) is 94.8 Å². The molecule has 0 fully saturated rings.